The van der Waals surface area contributed by atoms with E-state index in [0.717, 1.165) is 38.1 Å². The largest absolute Gasteiger partial charge is 0.381 e. The number of nitrogens with zero attached hydrogens (tertiary/aromatic N) is 2. The van der Waals surface area contributed by atoms with Gasteiger partial charge in [-0.3, -0.25) is 4.99 Å². The molecule has 0 aromatic rings. The lowest BCUT2D eigenvalue weighted by molar-refractivity contribution is 0.122. The molecule has 1 N–H and O–H groups in total. The zero-order valence-corrected chi connectivity index (χ0v) is 17.0. The molecule has 4 nitrogen and oxygen atoms in total. The number of ether oxygens (including phenoxy) is 1. The Morgan fingerprint density at radius 1 is 1.22 bits per heavy atom. The SMILES string of the molecule is CN=C(NCCCOCC1CC1)N1CCC2(CCCCC2)C1.I. The molecule has 0 atom stereocenters. The van der Waals surface area contributed by atoms with Crippen molar-refractivity contribution in [1.82, 2.24) is 10.2 Å². The standard InChI is InChI=1S/C18H33N3O.HI/c1-19-17(20-11-5-13-22-14-16-6-7-16)21-12-10-18(15-21)8-3-2-4-9-18;/h16H,2-15H2,1H3,(H,19,20);1H. The zero-order valence-electron chi connectivity index (χ0n) is 14.7. The van der Waals surface area contributed by atoms with Crippen molar-refractivity contribution in [2.24, 2.45) is 16.3 Å². The minimum atomic E-state index is 0. The molecule has 1 saturated heterocycles. The van der Waals surface area contributed by atoms with Crippen LogP contribution in [0.5, 0.6) is 0 Å². The highest BCUT2D eigenvalue weighted by Gasteiger charge is 2.39. The highest BCUT2D eigenvalue weighted by Crippen LogP contribution is 2.43. The summed E-state index contributed by atoms with van der Waals surface area (Å²) in [4.78, 5) is 6.98. The van der Waals surface area contributed by atoms with Gasteiger partial charge in [-0.15, -0.1) is 24.0 Å². The van der Waals surface area contributed by atoms with E-state index in [1.54, 1.807) is 0 Å². The van der Waals surface area contributed by atoms with Crippen LogP contribution in [-0.4, -0.2) is 50.8 Å². The molecule has 3 rings (SSSR count). The minimum Gasteiger partial charge on any atom is -0.381 e. The van der Waals surface area contributed by atoms with Crippen molar-refractivity contribution < 1.29 is 4.74 Å². The van der Waals surface area contributed by atoms with Crippen molar-refractivity contribution in [3.05, 3.63) is 0 Å². The van der Waals surface area contributed by atoms with Gasteiger partial charge in [0.1, 0.15) is 0 Å². The van der Waals surface area contributed by atoms with Crippen molar-refractivity contribution in [2.45, 2.75) is 57.8 Å². The van der Waals surface area contributed by atoms with Crippen LogP contribution in [0.3, 0.4) is 0 Å². The van der Waals surface area contributed by atoms with Gasteiger partial charge < -0.3 is 15.0 Å². The fourth-order valence-electron chi connectivity index (χ4n) is 4.07. The molecular weight excluding hydrogens is 401 g/mol. The first-order valence-electron chi connectivity index (χ1n) is 9.35. The maximum absolute atomic E-state index is 5.70. The van der Waals surface area contributed by atoms with Gasteiger partial charge in [0.25, 0.3) is 0 Å². The van der Waals surface area contributed by atoms with Crippen molar-refractivity contribution >= 4 is 29.9 Å². The summed E-state index contributed by atoms with van der Waals surface area (Å²) < 4.78 is 5.70. The number of likely N-dealkylation sites (tertiary alicyclic amines) is 1. The first-order chi connectivity index (χ1) is 10.8. The number of hydrogen-bond donors (Lipinski definition) is 1. The van der Waals surface area contributed by atoms with Gasteiger partial charge in [0.05, 0.1) is 0 Å². The second-order valence-electron chi connectivity index (χ2n) is 7.58. The molecule has 2 saturated carbocycles. The molecule has 3 fully saturated rings. The van der Waals surface area contributed by atoms with E-state index in [1.807, 2.05) is 7.05 Å². The van der Waals surface area contributed by atoms with Crippen LogP contribution in [0.4, 0.5) is 0 Å². The molecule has 23 heavy (non-hydrogen) atoms. The number of nitrogens with one attached hydrogen (secondary N) is 1. The third-order valence-corrected chi connectivity index (χ3v) is 5.66. The second kappa shape index (κ2) is 9.44. The van der Waals surface area contributed by atoms with Crippen LogP contribution < -0.4 is 5.32 Å². The van der Waals surface area contributed by atoms with Crippen molar-refractivity contribution in [3.8, 4) is 0 Å². The van der Waals surface area contributed by atoms with Crippen LogP contribution in [0.2, 0.25) is 0 Å². The molecule has 0 radical (unpaired) electrons. The predicted octanol–water partition coefficient (Wildman–Crippen LogP) is 3.65. The molecule has 1 spiro atoms. The van der Waals surface area contributed by atoms with Crippen LogP contribution in [0.25, 0.3) is 0 Å². The predicted molar refractivity (Wildman–Crippen MR) is 107 cm³/mol. The Kier molecular flexibility index (Phi) is 7.92. The Morgan fingerprint density at radius 3 is 2.70 bits per heavy atom. The Bertz CT molecular complexity index is 378. The van der Waals surface area contributed by atoms with Crippen molar-refractivity contribution in [3.63, 3.8) is 0 Å². The number of rotatable bonds is 6. The molecule has 0 aromatic heterocycles. The van der Waals surface area contributed by atoms with Crippen molar-refractivity contribution in [2.75, 3.05) is 39.9 Å². The maximum Gasteiger partial charge on any atom is 0.193 e. The van der Waals surface area contributed by atoms with Gasteiger partial charge >= 0.3 is 0 Å². The van der Waals surface area contributed by atoms with Gasteiger partial charge in [-0.2, -0.15) is 0 Å². The number of guanidine groups is 1. The van der Waals surface area contributed by atoms with Crippen LogP contribution in [0.1, 0.15) is 57.8 Å². The summed E-state index contributed by atoms with van der Waals surface area (Å²) in [5.74, 6) is 1.97. The van der Waals surface area contributed by atoms with Crippen LogP contribution in [0.15, 0.2) is 4.99 Å². The summed E-state index contributed by atoms with van der Waals surface area (Å²) in [6, 6.07) is 0. The number of aliphatic imine (C=N–C) groups is 1. The summed E-state index contributed by atoms with van der Waals surface area (Å²) >= 11 is 0. The average Bonchev–Trinajstić information content (AvgIpc) is 3.29. The molecule has 2 aliphatic carbocycles. The third kappa shape index (κ3) is 5.76. The van der Waals surface area contributed by atoms with Gasteiger partial charge in [-0.25, -0.2) is 0 Å². The van der Waals surface area contributed by atoms with E-state index in [-0.39, 0.29) is 24.0 Å². The molecule has 5 heteroatoms. The molecule has 0 amide bonds. The Morgan fingerprint density at radius 2 is 2.00 bits per heavy atom. The molecule has 0 unspecified atom stereocenters. The quantitative estimate of drug-likeness (QED) is 0.300. The van der Waals surface area contributed by atoms with Crippen molar-refractivity contribution in [1.29, 1.82) is 0 Å². The fourth-order valence-corrected chi connectivity index (χ4v) is 4.07. The van der Waals surface area contributed by atoms with Crippen LogP contribution >= 0.6 is 24.0 Å². The first kappa shape index (κ1) is 19.3. The van der Waals surface area contributed by atoms with Gasteiger partial charge in [0, 0.05) is 39.9 Å². The lowest BCUT2D eigenvalue weighted by Gasteiger charge is -2.33. The van der Waals surface area contributed by atoms with E-state index in [9.17, 15) is 0 Å². The summed E-state index contributed by atoms with van der Waals surface area (Å²) in [5.41, 5.74) is 0.600. The highest BCUT2D eigenvalue weighted by atomic mass is 127. The Labute approximate surface area is 158 Å². The molecule has 3 aliphatic rings. The van der Waals surface area contributed by atoms with E-state index in [0.29, 0.717) is 5.41 Å². The molecular formula is C18H34IN3O. The smallest absolute Gasteiger partial charge is 0.193 e. The van der Waals surface area contributed by atoms with E-state index in [4.69, 9.17) is 4.74 Å². The molecule has 0 bridgehead atoms. The van der Waals surface area contributed by atoms with E-state index in [2.05, 4.69) is 15.2 Å². The zero-order chi connectivity index (χ0) is 15.3. The number of hydrogen-bond acceptors (Lipinski definition) is 2. The van der Waals surface area contributed by atoms with Gasteiger partial charge in [-0.1, -0.05) is 19.3 Å². The van der Waals surface area contributed by atoms with E-state index >= 15 is 0 Å². The Hall–Kier alpha value is -0.0400. The van der Waals surface area contributed by atoms with E-state index in [1.165, 1.54) is 64.5 Å². The van der Waals surface area contributed by atoms with Gasteiger partial charge in [0.15, 0.2) is 5.96 Å². The van der Waals surface area contributed by atoms with Crippen LogP contribution in [0, 0.1) is 11.3 Å². The monoisotopic (exact) mass is 435 g/mol. The third-order valence-electron chi connectivity index (χ3n) is 5.66. The molecule has 134 valence electrons. The summed E-state index contributed by atoms with van der Waals surface area (Å²) in [6.07, 6.45) is 12.3. The lowest BCUT2D eigenvalue weighted by atomic mass is 9.73. The number of halogens is 1. The molecule has 1 heterocycles. The highest BCUT2D eigenvalue weighted by molar-refractivity contribution is 14.0. The molecule has 0 aromatic carbocycles. The minimum absolute atomic E-state index is 0. The second-order valence-corrected chi connectivity index (χ2v) is 7.58. The average molecular weight is 435 g/mol. The topological polar surface area (TPSA) is 36.9 Å². The maximum atomic E-state index is 5.70. The van der Waals surface area contributed by atoms with Crippen LogP contribution in [-0.2, 0) is 4.74 Å². The van der Waals surface area contributed by atoms with Gasteiger partial charge in [0.2, 0.25) is 0 Å². The van der Waals surface area contributed by atoms with E-state index < -0.39 is 0 Å². The normalized spacial score (nSPS) is 23.9. The van der Waals surface area contributed by atoms with Gasteiger partial charge in [-0.05, 0) is 49.9 Å². The summed E-state index contributed by atoms with van der Waals surface area (Å²) in [5, 5.41) is 3.53. The summed E-state index contributed by atoms with van der Waals surface area (Å²) in [6.45, 7) is 5.22. The summed E-state index contributed by atoms with van der Waals surface area (Å²) in [7, 11) is 1.91. The first-order valence-corrected chi connectivity index (χ1v) is 9.35. The fraction of sp³-hybridized carbons (Fsp3) is 0.944. The lowest BCUT2D eigenvalue weighted by Crippen LogP contribution is -2.42. The molecule has 1 aliphatic heterocycles. The Balaban J connectivity index is 0.00000192.